The van der Waals surface area contributed by atoms with Crippen molar-refractivity contribution < 1.29 is 9.53 Å². The Labute approximate surface area is 149 Å². The Balaban J connectivity index is 1.81. The summed E-state index contributed by atoms with van der Waals surface area (Å²) in [6.07, 6.45) is 1.54. The molecule has 1 N–H and O–H groups in total. The molecule has 6 heteroatoms. The van der Waals surface area contributed by atoms with Crippen LogP contribution < -0.4 is 10.1 Å². The zero-order valence-electron chi connectivity index (χ0n) is 12.9. The van der Waals surface area contributed by atoms with Gasteiger partial charge < -0.3 is 10.1 Å². The maximum absolute atomic E-state index is 12.5. The maximum Gasteiger partial charge on any atom is 0.261 e. The minimum absolute atomic E-state index is 0.177. The highest BCUT2D eigenvalue weighted by molar-refractivity contribution is 6.30. The van der Waals surface area contributed by atoms with Crippen LogP contribution in [0.5, 0.6) is 11.6 Å². The SMILES string of the molecule is N#Cc1ccc(NC(=O)c2cccnc2Oc2cccc(Cl)c2)cc1. The van der Waals surface area contributed by atoms with Gasteiger partial charge in [0.2, 0.25) is 5.88 Å². The number of anilines is 1. The molecule has 0 atom stereocenters. The quantitative estimate of drug-likeness (QED) is 0.743. The lowest BCUT2D eigenvalue weighted by Gasteiger charge is -2.10. The fraction of sp³-hybridized carbons (Fsp3) is 0. The minimum Gasteiger partial charge on any atom is -0.438 e. The number of ether oxygens (including phenoxy) is 1. The summed E-state index contributed by atoms with van der Waals surface area (Å²) in [4.78, 5) is 16.6. The van der Waals surface area contributed by atoms with Crippen LogP contribution in [0.3, 0.4) is 0 Å². The van der Waals surface area contributed by atoms with Crippen molar-refractivity contribution >= 4 is 23.2 Å². The summed E-state index contributed by atoms with van der Waals surface area (Å²) in [5.41, 5.74) is 1.37. The van der Waals surface area contributed by atoms with Crippen molar-refractivity contribution in [2.24, 2.45) is 0 Å². The molecule has 0 aliphatic heterocycles. The van der Waals surface area contributed by atoms with Crippen LogP contribution >= 0.6 is 11.6 Å². The van der Waals surface area contributed by atoms with Crippen LogP contribution in [0, 0.1) is 11.3 Å². The molecule has 0 bridgehead atoms. The summed E-state index contributed by atoms with van der Waals surface area (Å²) < 4.78 is 5.69. The maximum atomic E-state index is 12.5. The lowest BCUT2D eigenvalue weighted by molar-refractivity contribution is 0.102. The van der Waals surface area contributed by atoms with Crippen LogP contribution in [-0.4, -0.2) is 10.9 Å². The van der Waals surface area contributed by atoms with Gasteiger partial charge in [-0.2, -0.15) is 5.26 Å². The van der Waals surface area contributed by atoms with Gasteiger partial charge in [-0.1, -0.05) is 17.7 Å². The second-order valence-electron chi connectivity index (χ2n) is 5.06. The van der Waals surface area contributed by atoms with E-state index in [4.69, 9.17) is 21.6 Å². The van der Waals surface area contributed by atoms with Crippen LogP contribution in [0.15, 0.2) is 66.9 Å². The number of pyridine rings is 1. The Kier molecular flexibility index (Phi) is 4.93. The second-order valence-corrected chi connectivity index (χ2v) is 5.50. The molecule has 0 aliphatic carbocycles. The largest absolute Gasteiger partial charge is 0.438 e. The summed E-state index contributed by atoms with van der Waals surface area (Å²) in [5, 5.41) is 12.1. The molecule has 0 unspecified atom stereocenters. The number of nitrogens with zero attached hydrogens (tertiary/aromatic N) is 2. The predicted molar refractivity (Wildman–Crippen MR) is 94.9 cm³/mol. The fourth-order valence-electron chi connectivity index (χ4n) is 2.11. The van der Waals surface area contributed by atoms with Crippen LogP contribution in [0.1, 0.15) is 15.9 Å². The first-order valence-corrected chi connectivity index (χ1v) is 7.73. The van der Waals surface area contributed by atoms with Crippen molar-refractivity contribution in [2.45, 2.75) is 0 Å². The Hall–Kier alpha value is -3.36. The van der Waals surface area contributed by atoms with Gasteiger partial charge in [-0.15, -0.1) is 0 Å². The van der Waals surface area contributed by atoms with Crippen molar-refractivity contribution in [3.8, 4) is 17.7 Å². The highest BCUT2D eigenvalue weighted by atomic mass is 35.5. The average molecular weight is 350 g/mol. The predicted octanol–water partition coefficient (Wildman–Crippen LogP) is 4.65. The van der Waals surface area contributed by atoms with Crippen LogP contribution in [0.2, 0.25) is 5.02 Å². The standard InChI is InChI=1S/C19H12ClN3O2/c20-14-3-1-4-16(11-14)25-19-17(5-2-10-22-19)18(24)23-15-8-6-13(12-21)7-9-15/h1-11H,(H,23,24). The van der Waals surface area contributed by atoms with Gasteiger partial charge in [0.25, 0.3) is 5.91 Å². The van der Waals surface area contributed by atoms with Crippen molar-refractivity contribution in [1.82, 2.24) is 4.98 Å². The van der Waals surface area contributed by atoms with Crippen molar-refractivity contribution in [3.05, 3.63) is 83.0 Å². The van der Waals surface area contributed by atoms with E-state index in [1.54, 1.807) is 66.9 Å². The first kappa shape index (κ1) is 16.5. The third kappa shape index (κ3) is 4.14. The van der Waals surface area contributed by atoms with Crippen molar-refractivity contribution in [1.29, 1.82) is 5.26 Å². The van der Waals surface area contributed by atoms with Crippen LogP contribution in [-0.2, 0) is 0 Å². The number of hydrogen-bond donors (Lipinski definition) is 1. The fourth-order valence-corrected chi connectivity index (χ4v) is 2.29. The van der Waals surface area contributed by atoms with Gasteiger partial charge in [0, 0.05) is 16.9 Å². The Morgan fingerprint density at radius 1 is 1.12 bits per heavy atom. The molecule has 0 spiro atoms. The smallest absolute Gasteiger partial charge is 0.261 e. The van der Waals surface area contributed by atoms with E-state index in [0.717, 1.165) is 0 Å². The monoisotopic (exact) mass is 349 g/mol. The molecule has 1 heterocycles. The van der Waals surface area contributed by atoms with E-state index < -0.39 is 0 Å². The molecule has 0 saturated heterocycles. The third-order valence-corrected chi connectivity index (χ3v) is 3.53. The number of benzene rings is 2. The summed E-state index contributed by atoms with van der Waals surface area (Å²) in [6, 6.07) is 18.7. The van der Waals surface area contributed by atoms with Gasteiger partial charge >= 0.3 is 0 Å². The summed E-state index contributed by atoms with van der Waals surface area (Å²) in [6.45, 7) is 0. The molecule has 0 radical (unpaired) electrons. The van der Waals surface area contributed by atoms with Gasteiger partial charge in [-0.25, -0.2) is 4.98 Å². The molecule has 1 aromatic heterocycles. The Morgan fingerprint density at radius 2 is 1.92 bits per heavy atom. The molecule has 25 heavy (non-hydrogen) atoms. The Morgan fingerprint density at radius 3 is 2.64 bits per heavy atom. The molecule has 0 fully saturated rings. The highest BCUT2D eigenvalue weighted by Gasteiger charge is 2.14. The zero-order chi connectivity index (χ0) is 17.6. The van der Waals surface area contributed by atoms with Crippen LogP contribution in [0.4, 0.5) is 5.69 Å². The zero-order valence-corrected chi connectivity index (χ0v) is 13.7. The van der Waals surface area contributed by atoms with E-state index in [1.165, 1.54) is 0 Å². The lowest BCUT2D eigenvalue weighted by Crippen LogP contribution is -2.13. The number of carbonyl (C=O) groups excluding carboxylic acids is 1. The molecule has 0 aliphatic rings. The number of aromatic nitrogens is 1. The van der Waals surface area contributed by atoms with E-state index in [9.17, 15) is 4.79 Å². The number of hydrogen-bond acceptors (Lipinski definition) is 4. The average Bonchev–Trinajstić information content (AvgIpc) is 2.63. The number of nitriles is 1. The van der Waals surface area contributed by atoms with Crippen LogP contribution in [0.25, 0.3) is 0 Å². The molecule has 3 aromatic rings. The number of nitrogens with one attached hydrogen (secondary N) is 1. The van der Waals surface area contributed by atoms with E-state index in [2.05, 4.69) is 10.3 Å². The van der Waals surface area contributed by atoms with Gasteiger partial charge in [0.1, 0.15) is 11.3 Å². The lowest BCUT2D eigenvalue weighted by atomic mass is 10.2. The molecule has 0 saturated carbocycles. The third-order valence-electron chi connectivity index (χ3n) is 3.30. The molecule has 2 aromatic carbocycles. The first-order chi connectivity index (χ1) is 12.2. The van der Waals surface area contributed by atoms with Gasteiger partial charge in [-0.05, 0) is 54.6 Å². The summed E-state index contributed by atoms with van der Waals surface area (Å²) in [7, 11) is 0. The van der Waals surface area contributed by atoms with E-state index in [1.807, 2.05) is 6.07 Å². The normalized spacial score (nSPS) is 9.92. The van der Waals surface area contributed by atoms with Gasteiger partial charge in [0.15, 0.2) is 0 Å². The van der Waals surface area contributed by atoms with Gasteiger partial charge in [0.05, 0.1) is 11.6 Å². The topological polar surface area (TPSA) is 75.0 Å². The van der Waals surface area contributed by atoms with Gasteiger partial charge in [-0.3, -0.25) is 4.79 Å². The van der Waals surface area contributed by atoms with E-state index >= 15 is 0 Å². The summed E-state index contributed by atoms with van der Waals surface area (Å²) in [5.74, 6) is 0.296. The highest BCUT2D eigenvalue weighted by Crippen LogP contribution is 2.25. The molecular formula is C19H12ClN3O2. The number of amides is 1. The van der Waals surface area contributed by atoms with Crippen molar-refractivity contribution in [2.75, 3.05) is 5.32 Å². The molecule has 122 valence electrons. The number of halogens is 1. The van der Waals surface area contributed by atoms with E-state index in [0.29, 0.717) is 22.0 Å². The summed E-state index contributed by atoms with van der Waals surface area (Å²) >= 11 is 5.94. The first-order valence-electron chi connectivity index (χ1n) is 7.35. The molecule has 3 rings (SSSR count). The minimum atomic E-state index is -0.366. The molecule has 1 amide bonds. The second kappa shape index (κ2) is 7.47. The Bertz CT molecular complexity index is 949. The number of rotatable bonds is 4. The number of carbonyl (C=O) groups is 1. The van der Waals surface area contributed by atoms with Crippen molar-refractivity contribution in [3.63, 3.8) is 0 Å². The molecule has 5 nitrogen and oxygen atoms in total. The van der Waals surface area contributed by atoms with E-state index in [-0.39, 0.29) is 17.4 Å². The molecular weight excluding hydrogens is 338 g/mol.